The Hall–Kier alpha value is -2.33. The average Bonchev–Trinajstić information content (AvgIpc) is 3.10. The second-order valence-corrected chi connectivity index (χ2v) is 6.06. The molecule has 0 radical (unpaired) electrons. The van der Waals surface area contributed by atoms with Crippen molar-refractivity contribution >= 4 is 10.9 Å². The predicted octanol–water partition coefficient (Wildman–Crippen LogP) is 3.51. The molecule has 0 aliphatic heterocycles. The van der Waals surface area contributed by atoms with Gasteiger partial charge in [0, 0.05) is 42.6 Å². The lowest BCUT2D eigenvalue weighted by atomic mass is 10.2. The number of nitrogens with one attached hydrogen (secondary N) is 1. The number of benzene rings is 1. The predicted molar refractivity (Wildman–Crippen MR) is 95.4 cm³/mol. The van der Waals surface area contributed by atoms with Gasteiger partial charge in [0.15, 0.2) is 0 Å². The first-order valence-electron chi connectivity index (χ1n) is 8.08. The summed E-state index contributed by atoms with van der Waals surface area (Å²) in [6, 6.07) is 11.1. The van der Waals surface area contributed by atoms with Gasteiger partial charge >= 0.3 is 0 Å². The van der Waals surface area contributed by atoms with Gasteiger partial charge in [-0.2, -0.15) is 5.10 Å². The van der Waals surface area contributed by atoms with E-state index in [1.807, 2.05) is 10.8 Å². The van der Waals surface area contributed by atoms with Crippen LogP contribution in [0.15, 0.2) is 55.4 Å². The number of allylic oxidation sites excluding steroid dienone is 1. The zero-order chi connectivity index (χ0) is 16.2. The van der Waals surface area contributed by atoms with Gasteiger partial charge in [0.1, 0.15) is 0 Å². The molecule has 1 atom stereocenters. The van der Waals surface area contributed by atoms with E-state index < -0.39 is 0 Å². The molecule has 0 bridgehead atoms. The highest BCUT2D eigenvalue weighted by atomic mass is 15.3. The molecule has 3 rings (SSSR count). The summed E-state index contributed by atoms with van der Waals surface area (Å²) in [5, 5.41) is 9.39. The first-order valence-corrected chi connectivity index (χ1v) is 8.08. The smallest absolute Gasteiger partial charge is 0.0638 e. The topological polar surface area (TPSA) is 34.8 Å². The van der Waals surface area contributed by atoms with E-state index in [4.69, 9.17) is 0 Å². The van der Waals surface area contributed by atoms with Crippen LogP contribution in [0.25, 0.3) is 10.9 Å². The number of hydrogen-bond donors (Lipinski definition) is 1. The molecule has 120 valence electrons. The lowest BCUT2D eigenvalue weighted by Crippen LogP contribution is -2.29. The fourth-order valence-corrected chi connectivity index (χ4v) is 2.90. The molecular weight excluding hydrogens is 284 g/mol. The molecule has 0 spiro atoms. The summed E-state index contributed by atoms with van der Waals surface area (Å²) in [4.78, 5) is 0. The molecule has 1 N–H and O–H groups in total. The number of aromatic nitrogens is 3. The van der Waals surface area contributed by atoms with Crippen LogP contribution in [-0.2, 0) is 19.6 Å². The maximum absolute atomic E-state index is 4.50. The molecule has 2 heterocycles. The largest absolute Gasteiger partial charge is 0.346 e. The maximum Gasteiger partial charge on any atom is 0.0638 e. The number of nitrogens with zero attached hydrogens (tertiary/aromatic N) is 3. The molecular formula is C19H24N4. The van der Waals surface area contributed by atoms with Crippen LogP contribution in [0.4, 0.5) is 0 Å². The van der Waals surface area contributed by atoms with Crippen LogP contribution >= 0.6 is 0 Å². The summed E-state index contributed by atoms with van der Waals surface area (Å²) >= 11 is 0. The Morgan fingerprint density at radius 2 is 2.13 bits per heavy atom. The summed E-state index contributed by atoms with van der Waals surface area (Å²) in [6.45, 7) is 10.6. The fraction of sp³-hybridized carbons (Fsp3) is 0.316. The minimum Gasteiger partial charge on any atom is -0.346 e. The third-order valence-electron chi connectivity index (χ3n) is 4.16. The Kier molecular flexibility index (Phi) is 4.63. The lowest BCUT2D eigenvalue weighted by molar-refractivity contribution is 0.483. The van der Waals surface area contributed by atoms with Crippen molar-refractivity contribution in [3.8, 4) is 0 Å². The van der Waals surface area contributed by atoms with Crippen molar-refractivity contribution in [3.63, 3.8) is 0 Å². The van der Waals surface area contributed by atoms with Crippen molar-refractivity contribution in [1.29, 1.82) is 0 Å². The van der Waals surface area contributed by atoms with E-state index >= 15 is 0 Å². The van der Waals surface area contributed by atoms with Crippen LogP contribution in [0.3, 0.4) is 0 Å². The molecule has 0 aliphatic carbocycles. The Morgan fingerprint density at radius 1 is 1.30 bits per heavy atom. The number of aryl methyl sites for hydroxylation is 1. The summed E-state index contributed by atoms with van der Waals surface area (Å²) in [5.74, 6) is 0. The number of rotatable bonds is 7. The van der Waals surface area contributed by atoms with Gasteiger partial charge in [-0.05, 0) is 31.4 Å². The van der Waals surface area contributed by atoms with Crippen molar-refractivity contribution in [2.24, 2.45) is 0 Å². The number of para-hydroxylation sites is 1. The summed E-state index contributed by atoms with van der Waals surface area (Å²) in [6.07, 6.45) is 6.13. The summed E-state index contributed by atoms with van der Waals surface area (Å²) in [7, 11) is 0. The molecule has 0 unspecified atom stereocenters. The van der Waals surface area contributed by atoms with Crippen LogP contribution in [0.1, 0.15) is 18.2 Å². The van der Waals surface area contributed by atoms with E-state index in [0.29, 0.717) is 6.04 Å². The molecule has 4 heteroatoms. The first-order chi connectivity index (χ1) is 11.2. The molecule has 0 amide bonds. The van der Waals surface area contributed by atoms with Crippen molar-refractivity contribution in [1.82, 2.24) is 19.7 Å². The van der Waals surface area contributed by atoms with Crippen molar-refractivity contribution in [3.05, 3.63) is 66.6 Å². The van der Waals surface area contributed by atoms with Crippen LogP contribution in [0, 0.1) is 6.92 Å². The third kappa shape index (κ3) is 3.54. The molecule has 3 aromatic rings. The normalized spacial score (nSPS) is 12.6. The van der Waals surface area contributed by atoms with Crippen LogP contribution in [0.5, 0.6) is 0 Å². The van der Waals surface area contributed by atoms with Gasteiger partial charge in [-0.1, -0.05) is 24.3 Å². The zero-order valence-corrected chi connectivity index (χ0v) is 13.9. The molecule has 1 aromatic carbocycles. The SMILES string of the molecule is C=CCn1cc(CN[C@H](C)Cn2ccc3ccccc32)c(C)n1. The molecule has 2 aromatic heterocycles. The molecule has 4 nitrogen and oxygen atoms in total. The number of hydrogen-bond acceptors (Lipinski definition) is 2. The monoisotopic (exact) mass is 308 g/mol. The Balaban J connectivity index is 1.61. The summed E-state index contributed by atoms with van der Waals surface area (Å²) in [5.41, 5.74) is 3.62. The lowest BCUT2D eigenvalue weighted by Gasteiger charge is -2.15. The van der Waals surface area contributed by atoms with Gasteiger partial charge in [0.25, 0.3) is 0 Å². The Labute approximate surface area is 137 Å². The van der Waals surface area contributed by atoms with E-state index in [1.165, 1.54) is 16.5 Å². The van der Waals surface area contributed by atoms with Crippen LogP contribution in [0.2, 0.25) is 0 Å². The molecule has 0 fully saturated rings. The molecule has 0 saturated heterocycles. The number of fused-ring (bicyclic) bond motifs is 1. The van der Waals surface area contributed by atoms with Crippen molar-refractivity contribution in [2.45, 2.75) is 39.5 Å². The van der Waals surface area contributed by atoms with Gasteiger partial charge in [0.2, 0.25) is 0 Å². The highest BCUT2D eigenvalue weighted by Gasteiger charge is 2.08. The van der Waals surface area contributed by atoms with E-state index in [9.17, 15) is 0 Å². The van der Waals surface area contributed by atoms with Crippen LogP contribution in [-0.4, -0.2) is 20.4 Å². The van der Waals surface area contributed by atoms with Crippen molar-refractivity contribution in [2.75, 3.05) is 0 Å². The average molecular weight is 308 g/mol. The standard InChI is InChI=1S/C19H24N4/c1-4-10-23-14-18(16(3)21-23)12-20-15(2)13-22-11-9-17-7-5-6-8-19(17)22/h4-9,11,14-15,20H,1,10,12-13H2,2-3H3/t15-/m1/s1. The second-order valence-electron chi connectivity index (χ2n) is 6.06. The second kappa shape index (κ2) is 6.84. The van der Waals surface area contributed by atoms with E-state index in [2.05, 4.69) is 78.1 Å². The molecule has 0 saturated carbocycles. The zero-order valence-electron chi connectivity index (χ0n) is 13.9. The van der Waals surface area contributed by atoms with E-state index in [1.54, 1.807) is 0 Å². The van der Waals surface area contributed by atoms with Crippen molar-refractivity contribution < 1.29 is 0 Å². The fourth-order valence-electron chi connectivity index (χ4n) is 2.90. The van der Waals surface area contributed by atoms with E-state index in [-0.39, 0.29) is 0 Å². The van der Waals surface area contributed by atoms with Gasteiger partial charge < -0.3 is 9.88 Å². The first kappa shape index (κ1) is 15.6. The van der Waals surface area contributed by atoms with Gasteiger partial charge in [-0.25, -0.2) is 0 Å². The highest BCUT2D eigenvalue weighted by molar-refractivity contribution is 5.79. The minimum absolute atomic E-state index is 0.382. The molecule has 23 heavy (non-hydrogen) atoms. The third-order valence-corrected chi connectivity index (χ3v) is 4.16. The van der Waals surface area contributed by atoms with Gasteiger partial charge in [0.05, 0.1) is 12.2 Å². The van der Waals surface area contributed by atoms with E-state index in [0.717, 1.165) is 25.3 Å². The Morgan fingerprint density at radius 3 is 2.96 bits per heavy atom. The van der Waals surface area contributed by atoms with Crippen LogP contribution < -0.4 is 5.32 Å². The maximum atomic E-state index is 4.50. The minimum atomic E-state index is 0.382. The molecule has 0 aliphatic rings. The quantitative estimate of drug-likeness (QED) is 0.678. The van der Waals surface area contributed by atoms with Gasteiger partial charge in [-0.15, -0.1) is 6.58 Å². The summed E-state index contributed by atoms with van der Waals surface area (Å²) < 4.78 is 4.24. The highest BCUT2D eigenvalue weighted by Crippen LogP contribution is 2.15. The Bertz CT molecular complexity index is 797. The van der Waals surface area contributed by atoms with Gasteiger partial charge in [-0.3, -0.25) is 4.68 Å².